The van der Waals surface area contributed by atoms with Crippen LogP contribution in [0.1, 0.15) is 12.5 Å². The molecule has 23 heavy (non-hydrogen) atoms. The summed E-state index contributed by atoms with van der Waals surface area (Å²) in [4.78, 5) is 3.90. The lowest BCUT2D eigenvalue weighted by molar-refractivity contribution is 0.0326. The highest BCUT2D eigenvalue weighted by Crippen LogP contribution is 2.34. The van der Waals surface area contributed by atoms with Gasteiger partial charge in [0.25, 0.3) is 0 Å². The molecule has 0 aliphatic rings. The Balaban J connectivity index is 1.89. The molecule has 0 radical (unpaired) electrons. The van der Waals surface area contributed by atoms with E-state index in [-0.39, 0.29) is 6.54 Å². The summed E-state index contributed by atoms with van der Waals surface area (Å²) in [5, 5.41) is 15.6. The number of hydrogen-bond donors (Lipinski definition) is 1. The van der Waals surface area contributed by atoms with Gasteiger partial charge in [-0.05, 0) is 37.3 Å². The fraction of sp³-hybridized carbons (Fsp3) is 0.176. The quantitative estimate of drug-likeness (QED) is 0.776. The number of ether oxygens (including phenoxy) is 1. The van der Waals surface area contributed by atoms with Gasteiger partial charge in [0.15, 0.2) is 0 Å². The molecule has 1 aromatic heterocycles. The normalized spacial score (nSPS) is 13.5. The fourth-order valence-corrected chi connectivity index (χ4v) is 2.47. The zero-order valence-electron chi connectivity index (χ0n) is 12.6. The van der Waals surface area contributed by atoms with Crippen molar-refractivity contribution < 1.29 is 9.84 Å². The molecule has 2 aromatic carbocycles. The summed E-state index contributed by atoms with van der Waals surface area (Å²) in [6.07, 6.45) is 3.00. The van der Waals surface area contributed by atoms with Crippen molar-refractivity contribution in [1.29, 1.82) is 0 Å². The summed E-state index contributed by atoms with van der Waals surface area (Å²) in [6.45, 7) is 1.99. The van der Waals surface area contributed by atoms with E-state index in [0.717, 1.165) is 0 Å². The second-order valence-electron chi connectivity index (χ2n) is 5.42. The molecule has 0 spiro atoms. The van der Waals surface area contributed by atoms with Crippen LogP contribution in [0.5, 0.6) is 11.5 Å². The maximum atomic E-state index is 10.9. The van der Waals surface area contributed by atoms with Crippen LogP contribution in [0.4, 0.5) is 0 Å². The summed E-state index contributed by atoms with van der Waals surface area (Å²) in [6, 6.07) is 14.5. The molecule has 6 heteroatoms. The van der Waals surface area contributed by atoms with Crippen molar-refractivity contribution >= 4 is 11.6 Å². The van der Waals surface area contributed by atoms with Crippen LogP contribution < -0.4 is 4.74 Å². The van der Waals surface area contributed by atoms with Crippen molar-refractivity contribution in [3.05, 3.63) is 71.8 Å². The van der Waals surface area contributed by atoms with Crippen LogP contribution in [0, 0.1) is 0 Å². The molecule has 0 amide bonds. The van der Waals surface area contributed by atoms with Gasteiger partial charge in [-0.25, -0.2) is 9.67 Å². The molecular weight excluding hydrogens is 314 g/mol. The minimum absolute atomic E-state index is 0.272. The Hall–Kier alpha value is -2.37. The van der Waals surface area contributed by atoms with E-state index in [0.29, 0.717) is 22.1 Å². The highest BCUT2D eigenvalue weighted by molar-refractivity contribution is 6.30. The molecule has 0 saturated heterocycles. The number of halogens is 1. The lowest BCUT2D eigenvalue weighted by atomic mass is 9.95. The maximum absolute atomic E-state index is 10.9. The van der Waals surface area contributed by atoms with Crippen LogP contribution >= 0.6 is 11.6 Å². The Kier molecular flexibility index (Phi) is 4.32. The molecule has 0 bridgehead atoms. The third kappa shape index (κ3) is 3.70. The molecule has 1 N–H and O–H groups in total. The zero-order chi connectivity index (χ0) is 16.3. The topological polar surface area (TPSA) is 60.2 Å². The number of aromatic nitrogens is 3. The Morgan fingerprint density at radius 3 is 2.61 bits per heavy atom. The van der Waals surface area contributed by atoms with E-state index in [4.69, 9.17) is 16.3 Å². The first kappa shape index (κ1) is 15.5. The Bertz CT molecular complexity index is 771. The molecule has 0 aliphatic carbocycles. The van der Waals surface area contributed by atoms with Crippen molar-refractivity contribution in [2.24, 2.45) is 0 Å². The van der Waals surface area contributed by atoms with Gasteiger partial charge in [0.2, 0.25) is 0 Å². The van der Waals surface area contributed by atoms with Crippen LogP contribution in [0.3, 0.4) is 0 Å². The van der Waals surface area contributed by atoms with E-state index in [1.165, 1.54) is 6.33 Å². The average Bonchev–Trinajstić information content (AvgIpc) is 3.02. The van der Waals surface area contributed by atoms with Crippen molar-refractivity contribution in [2.75, 3.05) is 0 Å². The van der Waals surface area contributed by atoms with Gasteiger partial charge in [0.1, 0.15) is 29.8 Å². The molecule has 1 unspecified atom stereocenters. The minimum Gasteiger partial charge on any atom is -0.457 e. The van der Waals surface area contributed by atoms with E-state index < -0.39 is 5.60 Å². The molecule has 118 valence electrons. The molecule has 5 nitrogen and oxygen atoms in total. The van der Waals surface area contributed by atoms with Crippen LogP contribution in [0.15, 0.2) is 61.2 Å². The summed E-state index contributed by atoms with van der Waals surface area (Å²) in [7, 11) is 0. The van der Waals surface area contributed by atoms with Gasteiger partial charge in [0.05, 0.1) is 6.54 Å². The van der Waals surface area contributed by atoms with Crippen LogP contribution in [-0.2, 0) is 12.1 Å². The lowest BCUT2D eigenvalue weighted by Crippen LogP contribution is -2.28. The SMILES string of the molecule is CC(O)(Cn1cncn1)c1ccccc1Oc1ccc(Cl)cc1. The highest BCUT2D eigenvalue weighted by atomic mass is 35.5. The summed E-state index contributed by atoms with van der Waals surface area (Å²) in [5.74, 6) is 1.23. The molecule has 0 fully saturated rings. The molecule has 3 rings (SSSR count). The summed E-state index contributed by atoms with van der Waals surface area (Å²) < 4.78 is 7.49. The third-order valence-corrected chi connectivity index (χ3v) is 3.70. The van der Waals surface area contributed by atoms with Gasteiger partial charge in [0, 0.05) is 10.6 Å². The maximum Gasteiger partial charge on any atom is 0.137 e. The first-order valence-corrected chi connectivity index (χ1v) is 7.50. The molecule has 0 saturated carbocycles. The molecule has 1 atom stereocenters. The van der Waals surface area contributed by atoms with Crippen LogP contribution in [-0.4, -0.2) is 19.9 Å². The predicted octanol–water partition coefficient (Wildman–Crippen LogP) is 3.63. The van der Waals surface area contributed by atoms with E-state index in [2.05, 4.69) is 10.1 Å². The van der Waals surface area contributed by atoms with Crippen LogP contribution in [0.25, 0.3) is 0 Å². The molecule has 1 heterocycles. The largest absolute Gasteiger partial charge is 0.457 e. The second-order valence-corrected chi connectivity index (χ2v) is 5.86. The zero-order valence-corrected chi connectivity index (χ0v) is 13.3. The number of benzene rings is 2. The fourth-order valence-electron chi connectivity index (χ4n) is 2.35. The van der Waals surface area contributed by atoms with Gasteiger partial charge < -0.3 is 9.84 Å². The third-order valence-electron chi connectivity index (χ3n) is 3.45. The first-order chi connectivity index (χ1) is 11.0. The summed E-state index contributed by atoms with van der Waals surface area (Å²) >= 11 is 5.89. The Morgan fingerprint density at radius 1 is 1.17 bits per heavy atom. The summed E-state index contributed by atoms with van der Waals surface area (Å²) in [5.41, 5.74) is -0.484. The van der Waals surface area contributed by atoms with E-state index in [1.54, 1.807) is 42.2 Å². The molecule has 0 aliphatic heterocycles. The van der Waals surface area contributed by atoms with Gasteiger partial charge in [-0.15, -0.1) is 0 Å². The minimum atomic E-state index is -1.16. The monoisotopic (exact) mass is 329 g/mol. The van der Waals surface area contributed by atoms with Gasteiger partial charge in [-0.2, -0.15) is 5.10 Å². The lowest BCUT2D eigenvalue weighted by Gasteiger charge is -2.25. The Labute approximate surface area is 139 Å². The number of para-hydroxylation sites is 1. The van der Waals surface area contributed by atoms with Crippen LogP contribution in [0.2, 0.25) is 5.02 Å². The van der Waals surface area contributed by atoms with Gasteiger partial charge in [-0.1, -0.05) is 29.8 Å². The highest BCUT2D eigenvalue weighted by Gasteiger charge is 2.28. The number of nitrogens with zero attached hydrogens (tertiary/aromatic N) is 3. The van der Waals surface area contributed by atoms with Gasteiger partial charge in [-0.3, -0.25) is 0 Å². The average molecular weight is 330 g/mol. The smallest absolute Gasteiger partial charge is 0.137 e. The van der Waals surface area contributed by atoms with Crippen molar-refractivity contribution in [3.63, 3.8) is 0 Å². The predicted molar refractivity (Wildman–Crippen MR) is 87.6 cm³/mol. The first-order valence-electron chi connectivity index (χ1n) is 7.12. The van der Waals surface area contributed by atoms with E-state index in [1.807, 2.05) is 24.3 Å². The van der Waals surface area contributed by atoms with E-state index in [9.17, 15) is 5.11 Å². The van der Waals surface area contributed by atoms with Crippen molar-refractivity contribution in [3.8, 4) is 11.5 Å². The molecule has 3 aromatic rings. The number of rotatable bonds is 5. The van der Waals surface area contributed by atoms with Crippen molar-refractivity contribution in [2.45, 2.75) is 19.1 Å². The standard InChI is InChI=1S/C17H16ClN3O2/c1-17(22,10-21-12-19-11-20-21)15-4-2-3-5-16(15)23-14-8-6-13(18)7-9-14/h2-9,11-12,22H,10H2,1H3. The van der Waals surface area contributed by atoms with Gasteiger partial charge >= 0.3 is 0 Å². The second kappa shape index (κ2) is 6.40. The number of hydrogen-bond acceptors (Lipinski definition) is 4. The number of aliphatic hydroxyl groups is 1. The Morgan fingerprint density at radius 2 is 1.91 bits per heavy atom. The van der Waals surface area contributed by atoms with Crippen molar-refractivity contribution in [1.82, 2.24) is 14.8 Å². The van der Waals surface area contributed by atoms with E-state index >= 15 is 0 Å². The molecular formula is C17H16ClN3O2.